The van der Waals surface area contributed by atoms with Gasteiger partial charge in [0.05, 0.1) is 7.11 Å². The van der Waals surface area contributed by atoms with Gasteiger partial charge in [-0.2, -0.15) is 0 Å². The van der Waals surface area contributed by atoms with Gasteiger partial charge in [0.2, 0.25) is 0 Å². The van der Waals surface area contributed by atoms with E-state index in [1.54, 1.807) is 7.11 Å². The lowest BCUT2D eigenvalue weighted by Crippen LogP contribution is -2.10. The van der Waals surface area contributed by atoms with Gasteiger partial charge in [-0.05, 0) is 31.0 Å². The Labute approximate surface area is 97.5 Å². The summed E-state index contributed by atoms with van der Waals surface area (Å²) in [5.41, 5.74) is 8.19. The van der Waals surface area contributed by atoms with Crippen LogP contribution in [0.25, 0.3) is 0 Å². The summed E-state index contributed by atoms with van der Waals surface area (Å²) in [6.07, 6.45) is 0.813. The fraction of sp³-hybridized carbons (Fsp3) is 0.333. The second kappa shape index (κ2) is 6.49. The Morgan fingerprint density at radius 3 is 2.73 bits per heavy atom. The first-order chi connectivity index (χ1) is 6.63. The summed E-state index contributed by atoms with van der Waals surface area (Å²) in [5.74, 6) is 0.847. The summed E-state index contributed by atoms with van der Waals surface area (Å²) < 4.78 is 5.13. The van der Waals surface area contributed by atoms with Crippen molar-refractivity contribution in [3.05, 3.63) is 42.0 Å². The lowest BCUT2D eigenvalue weighted by Gasteiger charge is -2.12. The van der Waals surface area contributed by atoms with Crippen LogP contribution in [0.4, 0.5) is 0 Å². The fourth-order valence-electron chi connectivity index (χ4n) is 1.37. The molecule has 0 saturated carbocycles. The molecule has 0 radical (unpaired) electrons. The van der Waals surface area contributed by atoms with Gasteiger partial charge in [-0.15, -0.1) is 19.0 Å². The molecule has 0 aliphatic carbocycles. The molecule has 0 aromatic heterocycles. The Bertz CT molecular complexity index is 325. The van der Waals surface area contributed by atoms with Crippen molar-refractivity contribution in [2.45, 2.75) is 19.4 Å². The molecule has 0 saturated heterocycles. The van der Waals surface area contributed by atoms with Crippen molar-refractivity contribution >= 4 is 12.4 Å². The maximum absolute atomic E-state index is 6.00. The average Bonchev–Trinajstić information content (AvgIpc) is 2.17. The van der Waals surface area contributed by atoms with E-state index in [1.807, 2.05) is 31.2 Å². The van der Waals surface area contributed by atoms with Crippen molar-refractivity contribution in [1.29, 1.82) is 0 Å². The van der Waals surface area contributed by atoms with Crippen LogP contribution in [0.2, 0.25) is 0 Å². The minimum absolute atomic E-state index is 0. The quantitative estimate of drug-likeness (QED) is 0.803. The zero-order valence-corrected chi connectivity index (χ0v) is 10.0. The summed E-state index contributed by atoms with van der Waals surface area (Å²) in [5, 5.41) is 0. The summed E-state index contributed by atoms with van der Waals surface area (Å²) >= 11 is 0. The van der Waals surface area contributed by atoms with E-state index in [4.69, 9.17) is 10.5 Å². The highest BCUT2D eigenvalue weighted by atomic mass is 35.5. The number of hydrogen-bond donors (Lipinski definition) is 1. The largest absolute Gasteiger partial charge is 0.497 e. The maximum Gasteiger partial charge on any atom is 0.119 e. The molecule has 84 valence electrons. The van der Waals surface area contributed by atoms with E-state index in [9.17, 15) is 0 Å². The number of halogens is 1. The third-order valence-electron chi connectivity index (χ3n) is 2.09. The van der Waals surface area contributed by atoms with Crippen molar-refractivity contribution in [3.63, 3.8) is 0 Å². The molecule has 1 aromatic rings. The number of nitrogens with two attached hydrogens (primary N) is 1. The maximum atomic E-state index is 6.00. The van der Waals surface area contributed by atoms with Crippen molar-refractivity contribution in [1.82, 2.24) is 0 Å². The molecule has 0 bridgehead atoms. The predicted octanol–water partition coefficient (Wildman–Crippen LogP) is 3.08. The van der Waals surface area contributed by atoms with Crippen LogP contribution in [0.1, 0.15) is 24.9 Å². The highest BCUT2D eigenvalue weighted by Crippen LogP contribution is 2.21. The molecular formula is C12H18ClNO. The van der Waals surface area contributed by atoms with E-state index in [0.717, 1.165) is 23.3 Å². The normalized spacial score (nSPS) is 11.4. The Morgan fingerprint density at radius 1 is 1.53 bits per heavy atom. The monoisotopic (exact) mass is 227 g/mol. The van der Waals surface area contributed by atoms with E-state index in [2.05, 4.69) is 6.58 Å². The summed E-state index contributed by atoms with van der Waals surface area (Å²) in [7, 11) is 1.66. The van der Waals surface area contributed by atoms with Gasteiger partial charge in [0, 0.05) is 6.04 Å². The van der Waals surface area contributed by atoms with Crippen LogP contribution >= 0.6 is 12.4 Å². The lowest BCUT2D eigenvalue weighted by molar-refractivity contribution is 0.414. The number of rotatable bonds is 4. The van der Waals surface area contributed by atoms with E-state index in [-0.39, 0.29) is 18.4 Å². The number of methoxy groups -OCH3 is 1. The van der Waals surface area contributed by atoms with Gasteiger partial charge in [0.1, 0.15) is 5.75 Å². The first-order valence-electron chi connectivity index (χ1n) is 4.67. The van der Waals surface area contributed by atoms with Crippen molar-refractivity contribution < 1.29 is 4.74 Å². The molecule has 3 heteroatoms. The van der Waals surface area contributed by atoms with Gasteiger partial charge in [-0.3, -0.25) is 0 Å². The highest BCUT2D eigenvalue weighted by molar-refractivity contribution is 5.85. The molecule has 1 atom stereocenters. The number of hydrogen-bond acceptors (Lipinski definition) is 2. The van der Waals surface area contributed by atoms with E-state index < -0.39 is 0 Å². The van der Waals surface area contributed by atoms with Crippen LogP contribution in [0, 0.1) is 0 Å². The third kappa shape index (κ3) is 4.36. The molecule has 2 nitrogen and oxygen atoms in total. The van der Waals surface area contributed by atoms with Crippen molar-refractivity contribution in [2.75, 3.05) is 7.11 Å². The molecule has 0 heterocycles. The second-order valence-corrected chi connectivity index (χ2v) is 3.54. The van der Waals surface area contributed by atoms with E-state index in [1.165, 1.54) is 0 Å². The topological polar surface area (TPSA) is 35.2 Å². The molecule has 15 heavy (non-hydrogen) atoms. The molecule has 0 unspecified atom stereocenters. The molecule has 2 N–H and O–H groups in total. The van der Waals surface area contributed by atoms with Gasteiger partial charge in [-0.25, -0.2) is 0 Å². The summed E-state index contributed by atoms with van der Waals surface area (Å²) in [6, 6.07) is 7.86. The zero-order valence-electron chi connectivity index (χ0n) is 9.19. The summed E-state index contributed by atoms with van der Waals surface area (Å²) in [4.78, 5) is 0. The van der Waals surface area contributed by atoms with Crippen LogP contribution < -0.4 is 10.5 Å². The minimum atomic E-state index is 0. The van der Waals surface area contributed by atoms with Gasteiger partial charge >= 0.3 is 0 Å². The van der Waals surface area contributed by atoms with Gasteiger partial charge in [-0.1, -0.05) is 17.7 Å². The van der Waals surface area contributed by atoms with Crippen molar-refractivity contribution in [3.8, 4) is 5.75 Å². The third-order valence-corrected chi connectivity index (χ3v) is 2.09. The lowest BCUT2D eigenvalue weighted by atomic mass is 10.0. The Kier molecular flexibility index (Phi) is 6.06. The molecule has 0 amide bonds. The average molecular weight is 228 g/mol. The minimum Gasteiger partial charge on any atom is -0.497 e. The first kappa shape index (κ1) is 14.0. The molecule has 1 aromatic carbocycles. The smallest absolute Gasteiger partial charge is 0.119 e. The molecular weight excluding hydrogens is 210 g/mol. The van der Waals surface area contributed by atoms with Crippen LogP contribution in [-0.4, -0.2) is 7.11 Å². The molecule has 0 spiro atoms. The number of ether oxygens (including phenoxy) is 1. The molecule has 0 aliphatic heterocycles. The Hall–Kier alpha value is -0.990. The predicted molar refractivity (Wildman–Crippen MR) is 66.6 cm³/mol. The summed E-state index contributed by atoms with van der Waals surface area (Å²) in [6.45, 7) is 5.84. The number of benzene rings is 1. The Balaban J connectivity index is 0.00000196. The fourth-order valence-corrected chi connectivity index (χ4v) is 1.37. The second-order valence-electron chi connectivity index (χ2n) is 3.54. The van der Waals surface area contributed by atoms with E-state index >= 15 is 0 Å². The van der Waals surface area contributed by atoms with Gasteiger partial charge in [0.25, 0.3) is 0 Å². The van der Waals surface area contributed by atoms with Crippen LogP contribution in [-0.2, 0) is 0 Å². The first-order valence-corrected chi connectivity index (χ1v) is 4.67. The van der Waals surface area contributed by atoms with Gasteiger partial charge in [0.15, 0.2) is 0 Å². The van der Waals surface area contributed by atoms with Crippen LogP contribution in [0.15, 0.2) is 36.4 Å². The molecule has 0 aliphatic rings. The standard InChI is InChI=1S/C12H17NO.ClH/c1-9(2)7-12(13)10-5-4-6-11(8-10)14-3;/h4-6,8,12H,1,7,13H2,2-3H3;1H/t12-;/m1./s1. The molecule has 0 fully saturated rings. The highest BCUT2D eigenvalue weighted by Gasteiger charge is 2.06. The van der Waals surface area contributed by atoms with Gasteiger partial charge < -0.3 is 10.5 Å². The van der Waals surface area contributed by atoms with Crippen molar-refractivity contribution in [2.24, 2.45) is 5.73 Å². The Morgan fingerprint density at radius 2 is 2.20 bits per heavy atom. The SMILES string of the molecule is C=C(C)C[C@@H](N)c1cccc(OC)c1.Cl. The van der Waals surface area contributed by atoms with Crippen LogP contribution in [0.5, 0.6) is 5.75 Å². The van der Waals surface area contributed by atoms with Crippen LogP contribution in [0.3, 0.4) is 0 Å². The molecule has 1 rings (SSSR count). The zero-order chi connectivity index (χ0) is 10.6. The van der Waals surface area contributed by atoms with E-state index in [0.29, 0.717) is 0 Å².